The number of H-pyrrole nitrogens is 1. The van der Waals surface area contributed by atoms with Gasteiger partial charge in [-0.3, -0.25) is 14.4 Å². The Balaban J connectivity index is 1.32. The van der Waals surface area contributed by atoms with E-state index in [0.29, 0.717) is 23.1 Å². The van der Waals surface area contributed by atoms with Crippen LogP contribution in [0.4, 0.5) is 5.69 Å². The second-order valence-electron chi connectivity index (χ2n) is 9.44. The van der Waals surface area contributed by atoms with Gasteiger partial charge in [0.25, 0.3) is 0 Å². The highest BCUT2D eigenvalue weighted by Gasteiger charge is 2.56. The fourth-order valence-corrected chi connectivity index (χ4v) is 7.46. The number of thiazole rings is 1. The highest BCUT2D eigenvalue weighted by Crippen LogP contribution is 2.53. The van der Waals surface area contributed by atoms with Gasteiger partial charge in [-0.2, -0.15) is 0 Å². The van der Waals surface area contributed by atoms with Crippen LogP contribution >= 0.6 is 23.1 Å². The van der Waals surface area contributed by atoms with Crippen LogP contribution in [0.1, 0.15) is 33.0 Å². The molecular weight excluding hydrogens is 504 g/mol. The number of hydrogen-bond donors (Lipinski definition) is 1. The standard InChI is InChI=1S/C29H24N2O4S2/c1-16-3-7-18(8-4-16)15-35-21-13-9-19(10-14-21)22-23-25(36-26-24(22)37-29(34)30-26)28(33)31(27(23)32)20-11-5-17(2)6-12-20/h3-14,22-23,25H,15H2,1-2H3,(H,30,34)/t22-,23-,25+/m0/s1. The number of rotatable bonds is 5. The number of carbonyl (C=O) groups is 2. The molecule has 2 aliphatic heterocycles. The molecule has 3 aromatic carbocycles. The summed E-state index contributed by atoms with van der Waals surface area (Å²) in [6.45, 7) is 4.46. The maximum Gasteiger partial charge on any atom is 0.305 e. The molecule has 8 heteroatoms. The Morgan fingerprint density at radius 2 is 1.49 bits per heavy atom. The van der Waals surface area contributed by atoms with Crippen molar-refractivity contribution in [1.29, 1.82) is 0 Å². The number of hydrogen-bond acceptors (Lipinski definition) is 6. The number of thioether (sulfide) groups is 1. The minimum atomic E-state index is -0.603. The van der Waals surface area contributed by atoms with Gasteiger partial charge in [0.1, 0.15) is 17.6 Å². The summed E-state index contributed by atoms with van der Waals surface area (Å²) in [5.41, 5.74) is 4.78. The molecule has 2 aliphatic rings. The maximum atomic E-state index is 13.8. The molecule has 3 heterocycles. The van der Waals surface area contributed by atoms with Crippen molar-refractivity contribution >= 4 is 40.6 Å². The molecule has 0 saturated carbocycles. The second kappa shape index (κ2) is 9.36. The van der Waals surface area contributed by atoms with Crippen molar-refractivity contribution in [2.45, 2.75) is 36.6 Å². The fourth-order valence-electron chi connectivity index (χ4n) is 4.95. The number of carbonyl (C=O) groups excluding carboxylic acids is 2. The first kappa shape index (κ1) is 23.8. The Morgan fingerprint density at radius 1 is 0.838 bits per heavy atom. The minimum absolute atomic E-state index is 0.184. The quantitative estimate of drug-likeness (QED) is 0.350. The molecule has 0 spiro atoms. The summed E-state index contributed by atoms with van der Waals surface area (Å²) in [5, 5.41) is 0.0712. The molecule has 6 nitrogen and oxygen atoms in total. The number of amides is 2. The van der Waals surface area contributed by atoms with Gasteiger partial charge in [-0.15, -0.1) is 0 Å². The zero-order valence-electron chi connectivity index (χ0n) is 20.3. The van der Waals surface area contributed by atoms with Gasteiger partial charge < -0.3 is 9.72 Å². The lowest BCUT2D eigenvalue weighted by Gasteiger charge is -2.29. The smallest absolute Gasteiger partial charge is 0.305 e. The van der Waals surface area contributed by atoms with Crippen LogP contribution in [0, 0.1) is 19.8 Å². The molecule has 0 unspecified atom stereocenters. The van der Waals surface area contributed by atoms with Crippen LogP contribution in [-0.2, 0) is 16.2 Å². The highest BCUT2D eigenvalue weighted by atomic mass is 32.2. The van der Waals surface area contributed by atoms with Crippen molar-refractivity contribution < 1.29 is 14.3 Å². The van der Waals surface area contributed by atoms with E-state index in [0.717, 1.165) is 32.9 Å². The first-order valence-electron chi connectivity index (χ1n) is 12.0. The first-order chi connectivity index (χ1) is 17.9. The van der Waals surface area contributed by atoms with Gasteiger partial charge in [0.2, 0.25) is 11.8 Å². The third-order valence-electron chi connectivity index (χ3n) is 6.88. The lowest BCUT2D eigenvalue weighted by molar-refractivity contribution is -0.122. The van der Waals surface area contributed by atoms with E-state index >= 15 is 0 Å². The van der Waals surface area contributed by atoms with Crippen LogP contribution < -0.4 is 14.5 Å². The Labute approximate surface area is 222 Å². The number of aromatic amines is 1. The number of aryl methyl sites for hydroxylation is 2. The lowest BCUT2D eigenvalue weighted by Crippen LogP contribution is -2.32. The summed E-state index contributed by atoms with van der Waals surface area (Å²) < 4.78 is 5.97. The van der Waals surface area contributed by atoms with Crippen molar-refractivity contribution in [2.24, 2.45) is 5.92 Å². The zero-order chi connectivity index (χ0) is 25.7. The van der Waals surface area contributed by atoms with Gasteiger partial charge in [0.05, 0.1) is 16.6 Å². The summed E-state index contributed by atoms with van der Waals surface area (Å²) in [4.78, 5) is 44.4. The van der Waals surface area contributed by atoms with E-state index in [-0.39, 0.29) is 16.7 Å². The fraction of sp³-hybridized carbons (Fsp3) is 0.207. The monoisotopic (exact) mass is 528 g/mol. The molecule has 1 N–H and O–H groups in total. The molecule has 37 heavy (non-hydrogen) atoms. The largest absolute Gasteiger partial charge is 0.489 e. The summed E-state index contributed by atoms with van der Waals surface area (Å²) in [6.07, 6.45) is 0. The van der Waals surface area contributed by atoms with Crippen LogP contribution in [0.5, 0.6) is 5.75 Å². The first-order valence-corrected chi connectivity index (χ1v) is 13.7. The Bertz CT molecular complexity index is 1540. The molecule has 1 fully saturated rings. The maximum absolute atomic E-state index is 13.8. The molecule has 1 saturated heterocycles. The van der Waals surface area contributed by atoms with Crippen LogP contribution in [0.2, 0.25) is 0 Å². The third kappa shape index (κ3) is 4.30. The molecule has 4 aromatic rings. The number of nitrogens with zero attached hydrogens (tertiary/aromatic N) is 1. The summed E-state index contributed by atoms with van der Waals surface area (Å²) in [5.74, 6) is -0.767. The number of ether oxygens (including phenoxy) is 1. The van der Waals surface area contributed by atoms with Crippen molar-refractivity contribution in [3.63, 3.8) is 0 Å². The number of nitrogens with one attached hydrogen (secondary N) is 1. The molecule has 0 bridgehead atoms. The average Bonchev–Trinajstić information content (AvgIpc) is 3.39. The highest BCUT2D eigenvalue weighted by molar-refractivity contribution is 8.00. The van der Waals surface area contributed by atoms with Crippen molar-refractivity contribution in [1.82, 2.24) is 4.98 Å². The van der Waals surface area contributed by atoms with E-state index in [1.165, 1.54) is 22.2 Å². The number of aromatic nitrogens is 1. The topological polar surface area (TPSA) is 79.5 Å². The SMILES string of the molecule is Cc1ccc(COc2ccc([C@@H]3c4sc(=O)[nH]c4S[C@H]4C(=O)N(c5ccc(C)cc5)C(=O)[C@@H]34)cc2)cc1. The molecular formula is C29H24N2O4S2. The normalized spacial score (nSPS) is 20.6. The van der Waals surface area contributed by atoms with E-state index in [1.807, 2.05) is 62.4 Å². The molecule has 0 radical (unpaired) electrons. The molecule has 3 atom stereocenters. The van der Waals surface area contributed by atoms with Gasteiger partial charge in [0.15, 0.2) is 0 Å². The average molecular weight is 529 g/mol. The molecule has 1 aromatic heterocycles. The van der Waals surface area contributed by atoms with Crippen LogP contribution in [-0.4, -0.2) is 22.0 Å². The third-order valence-corrected chi connectivity index (χ3v) is 9.28. The molecule has 2 amide bonds. The summed E-state index contributed by atoms with van der Waals surface area (Å²) >= 11 is 2.40. The molecule has 0 aliphatic carbocycles. The van der Waals surface area contributed by atoms with Gasteiger partial charge in [-0.1, -0.05) is 82.8 Å². The summed E-state index contributed by atoms with van der Waals surface area (Å²) in [6, 6.07) is 23.2. The van der Waals surface area contributed by atoms with Gasteiger partial charge in [-0.05, 0) is 49.2 Å². The number of benzene rings is 3. The Kier molecular flexibility index (Phi) is 6.01. The molecule has 186 valence electrons. The van der Waals surface area contributed by atoms with Crippen LogP contribution in [0.15, 0.2) is 82.6 Å². The number of fused-ring (bicyclic) bond motifs is 2. The predicted octanol–water partition coefficient (Wildman–Crippen LogP) is 5.43. The van der Waals surface area contributed by atoms with E-state index < -0.39 is 17.1 Å². The van der Waals surface area contributed by atoms with Crippen molar-refractivity contribution in [3.8, 4) is 5.75 Å². The van der Waals surface area contributed by atoms with E-state index in [4.69, 9.17) is 4.74 Å². The Hall–Kier alpha value is -3.62. The van der Waals surface area contributed by atoms with Crippen molar-refractivity contribution in [2.75, 3.05) is 4.90 Å². The van der Waals surface area contributed by atoms with Crippen LogP contribution in [0.25, 0.3) is 0 Å². The minimum Gasteiger partial charge on any atom is -0.489 e. The second-order valence-corrected chi connectivity index (χ2v) is 11.6. The van der Waals surface area contributed by atoms with E-state index in [2.05, 4.69) is 17.1 Å². The lowest BCUT2D eigenvalue weighted by atomic mass is 9.83. The van der Waals surface area contributed by atoms with Gasteiger partial charge in [0, 0.05) is 10.8 Å². The predicted molar refractivity (Wildman–Crippen MR) is 146 cm³/mol. The van der Waals surface area contributed by atoms with Crippen molar-refractivity contribution in [3.05, 3.63) is 110 Å². The Morgan fingerprint density at radius 3 is 2.16 bits per heavy atom. The summed E-state index contributed by atoms with van der Waals surface area (Å²) in [7, 11) is 0. The van der Waals surface area contributed by atoms with Gasteiger partial charge in [-0.25, -0.2) is 4.90 Å². The number of anilines is 1. The number of imide groups is 1. The van der Waals surface area contributed by atoms with E-state index in [1.54, 1.807) is 12.1 Å². The zero-order valence-corrected chi connectivity index (χ0v) is 21.9. The van der Waals surface area contributed by atoms with Crippen LogP contribution in [0.3, 0.4) is 0 Å². The molecule has 6 rings (SSSR count). The van der Waals surface area contributed by atoms with E-state index in [9.17, 15) is 14.4 Å². The van der Waals surface area contributed by atoms with Gasteiger partial charge >= 0.3 is 4.87 Å².